The summed E-state index contributed by atoms with van der Waals surface area (Å²) in [5.41, 5.74) is 0. The second kappa shape index (κ2) is 2.89. The van der Waals surface area contributed by atoms with Crippen molar-refractivity contribution in [2.75, 3.05) is 6.26 Å². The first-order valence-electron chi connectivity index (χ1n) is 3.95. The number of rotatable bonds is 3. The van der Waals surface area contributed by atoms with Crippen molar-refractivity contribution in [1.82, 2.24) is 9.55 Å². The van der Waals surface area contributed by atoms with Gasteiger partial charge in [0.1, 0.15) is 0 Å². The molecular formula is C8H12N2S. The monoisotopic (exact) mass is 168 g/mol. The van der Waals surface area contributed by atoms with Crippen molar-refractivity contribution in [3.63, 3.8) is 0 Å². The van der Waals surface area contributed by atoms with Gasteiger partial charge in [-0.2, -0.15) is 0 Å². The molecule has 0 spiro atoms. The summed E-state index contributed by atoms with van der Waals surface area (Å²) in [6, 6.07) is 0. The van der Waals surface area contributed by atoms with Gasteiger partial charge in [-0.05, 0) is 25.0 Å². The third-order valence-electron chi connectivity index (χ3n) is 2.01. The third-order valence-corrected chi connectivity index (χ3v) is 2.72. The maximum absolute atomic E-state index is 4.24. The van der Waals surface area contributed by atoms with Crippen LogP contribution in [0.5, 0.6) is 0 Å². The maximum Gasteiger partial charge on any atom is 0.167 e. The largest absolute Gasteiger partial charge is 0.326 e. The van der Waals surface area contributed by atoms with Gasteiger partial charge in [-0.1, -0.05) is 11.8 Å². The maximum atomic E-state index is 4.24. The molecule has 3 heteroatoms. The molecule has 0 amide bonds. The van der Waals surface area contributed by atoms with Crippen molar-refractivity contribution in [1.29, 1.82) is 0 Å². The molecule has 1 aromatic rings. The van der Waals surface area contributed by atoms with Crippen LogP contribution in [-0.4, -0.2) is 15.8 Å². The van der Waals surface area contributed by atoms with Gasteiger partial charge < -0.3 is 4.57 Å². The lowest BCUT2D eigenvalue weighted by Crippen LogP contribution is -1.99. The van der Waals surface area contributed by atoms with E-state index in [2.05, 4.69) is 22.0 Å². The van der Waals surface area contributed by atoms with E-state index in [1.165, 1.54) is 19.4 Å². The molecule has 2 nitrogen and oxygen atoms in total. The van der Waals surface area contributed by atoms with Crippen molar-refractivity contribution < 1.29 is 0 Å². The minimum absolute atomic E-state index is 0.940. The van der Waals surface area contributed by atoms with E-state index in [1.807, 2.05) is 6.20 Å². The fraction of sp³-hybridized carbons (Fsp3) is 0.625. The lowest BCUT2D eigenvalue weighted by Gasteiger charge is -2.02. The smallest absolute Gasteiger partial charge is 0.167 e. The number of aromatic nitrogens is 2. The molecule has 0 N–H and O–H groups in total. The Kier molecular flexibility index (Phi) is 1.90. The number of hydrogen-bond donors (Lipinski definition) is 0. The summed E-state index contributed by atoms with van der Waals surface area (Å²) in [4.78, 5) is 4.24. The summed E-state index contributed by atoms with van der Waals surface area (Å²) in [5, 5.41) is 1.15. The van der Waals surface area contributed by atoms with Crippen LogP contribution in [-0.2, 0) is 6.54 Å². The van der Waals surface area contributed by atoms with Crippen LogP contribution in [0, 0.1) is 5.92 Å². The van der Waals surface area contributed by atoms with E-state index in [4.69, 9.17) is 0 Å². The van der Waals surface area contributed by atoms with Crippen LogP contribution in [0.2, 0.25) is 0 Å². The predicted octanol–water partition coefficient (Wildman–Crippen LogP) is 2.01. The molecule has 1 fully saturated rings. The van der Waals surface area contributed by atoms with Crippen molar-refractivity contribution in [2.45, 2.75) is 24.5 Å². The van der Waals surface area contributed by atoms with Gasteiger partial charge in [-0.25, -0.2) is 4.98 Å². The van der Waals surface area contributed by atoms with Gasteiger partial charge in [0.2, 0.25) is 0 Å². The normalized spacial score (nSPS) is 17.2. The Morgan fingerprint density at radius 3 is 3.18 bits per heavy atom. The molecule has 0 unspecified atom stereocenters. The zero-order valence-corrected chi connectivity index (χ0v) is 7.47. The zero-order chi connectivity index (χ0) is 7.68. The van der Waals surface area contributed by atoms with Crippen LogP contribution >= 0.6 is 11.8 Å². The molecule has 0 aliphatic heterocycles. The first-order valence-corrected chi connectivity index (χ1v) is 5.18. The van der Waals surface area contributed by atoms with Crippen LogP contribution in [0.1, 0.15) is 12.8 Å². The Hall–Kier alpha value is -0.440. The van der Waals surface area contributed by atoms with Crippen LogP contribution in [0.3, 0.4) is 0 Å². The minimum Gasteiger partial charge on any atom is -0.326 e. The van der Waals surface area contributed by atoms with Gasteiger partial charge in [0, 0.05) is 18.9 Å². The number of hydrogen-bond acceptors (Lipinski definition) is 2. The Morgan fingerprint density at radius 2 is 2.55 bits per heavy atom. The highest BCUT2D eigenvalue weighted by Gasteiger charge is 2.22. The van der Waals surface area contributed by atoms with Gasteiger partial charge >= 0.3 is 0 Å². The van der Waals surface area contributed by atoms with E-state index >= 15 is 0 Å². The predicted molar refractivity (Wildman–Crippen MR) is 46.7 cm³/mol. The highest BCUT2D eigenvalue weighted by molar-refractivity contribution is 7.98. The van der Waals surface area contributed by atoms with E-state index in [0.717, 1.165) is 11.1 Å². The van der Waals surface area contributed by atoms with Gasteiger partial charge in [0.15, 0.2) is 5.16 Å². The van der Waals surface area contributed by atoms with Crippen LogP contribution in [0.4, 0.5) is 0 Å². The topological polar surface area (TPSA) is 17.8 Å². The van der Waals surface area contributed by atoms with Crippen molar-refractivity contribution in [3.8, 4) is 0 Å². The van der Waals surface area contributed by atoms with E-state index in [-0.39, 0.29) is 0 Å². The highest BCUT2D eigenvalue weighted by Crippen LogP contribution is 2.31. The molecule has 1 saturated carbocycles. The summed E-state index contributed by atoms with van der Waals surface area (Å²) in [6.45, 7) is 1.18. The summed E-state index contributed by atoms with van der Waals surface area (Å²) in [6.07, 6.45) is 8.85. The Labute approximate surface area is 71.0 Å². The zero-order valence-electron chi connectivity index (χ0n) is 6.66. The molecule has 1 heterocycles. The van der Waals surface area contributed by atoms with Gasteiger partial charge in [0.25, 0.3) is 0 Å². The van der Waals surface area contributed by atoms with Gasteiger partial charge in [-0.3, -0.25) is 0 Å². The second-order valence-electron chi connectivity index (χ2n) is 3.01. The molecule has 0 aromatic carbocycles. The summed E-state index contributed by atoms with van der Waals surface area (Å²) in [7, 11) is 0. The molecule has 60 valence electrons. The standard InChI is InChI=1S/C8H12N2S/c1-11-8-9-4-5-10(8)6-7-2-3-7/h4-5,7H,2-3,6H2,1H3. The average Bonchev–Trinajstić information content (AvgIpc) is 2.68. The Balaban J connectivity index is 2.07. The highest BCUT2D eigenvalue weighted by atomic mass is 32.2. The summed E-state index contributed by atoms with van der Waals surface area (Å²) >= 11 is 1.72. The molecular weight excluding hydrogens is 156 g/mol. The van der Waals surface area contributed by atoms with E-state index in [1.54, 1.807) is 11.8 Å². The molecule has 0 saturated heterocycles. The quantitative estimate of drug-likeness (QED) is 0.642. The Morgan fingerprint density at radius 1 is 1.73 bits per heavy atom. The van der Waals surface area contributed by atoms with E-state index < -0.39 is 0 Å². The molecule has 0 atom stereocenters. The van der Waals surface area contributed by atoms with Gasteiger partial charge in [0.05, 0.1) is 0 Å². The van der Waals surface area contributed by atoms with Gasteiger partial charge in [-0.15, -0.1) is 0 Å². The number of thioether (sulfide) groups is 1. The van der Waals surface area contributed by atoms with Crippen LogP contribution in [0.25, 0.3) is 0 Å². The third kappa shape index (κ3) is 1.59. The van der Waals surface area contributed by atoms with E-state index in [0.29, 0.717) is 0 Å². The number of imidazole rings is 1. The first kappa shape index (κ1) is 7.22. The minimum atomic E-state index is 0.940. The second-order valence-corrected chi connectivity index (χ2v) is 3.78. The van der Waals surface area contributed by atoms with Crippen molar-refractivity contribution in [2.24, 2.45) is 5.92 Å². The lowest BCUT2D eigenvalue weighted by molar-refractivity contribution is 0.579. The van der Waals surface area contributed by atoms with Crippen LogP contribution < -0.4 is 0 Å². The van der Waals surface area contributed by atoms with Crippen molar-refractivity contribution >= 4 is 11.8 Å². The molecule has 0 bridgehead atoms. The summed E-state index contributed by atoms with van der Waals surface area (Å²) in [5.74, 6) is 0.940. The molecule has 0 radical (unpaired) electrons. The Bertz CT molecular complexity index is 240. The fourth-order valence-corrected chi connectivity index (χ4v) is 1.74. The molecule has 2 rings (SSSR count). The summed E-state index contributed by atoms with van der Waals surface area (Å²) < 4.78 is 2.25. The fourth-order valence-electron chi connectivity index (χ4n) is 1.20. The van der Waals surface area contributed by atoms with Crippen LogP contribution in [0.15, 0.2) is 17.6 Å². The molecule has 11 heavy (non-hydrogen) atoms. The SMILES string of the molecule is CSc1nccn1CC1CC1. The number of nitrogens with zero attached hydrogens (tertiary/aromatic N) is 2. The first-order chi connectivity index (χ1) is 5.40. The van der Waals surface area contributed by atoms with Crippen molar-refractivity contribution in [3.05, 3.63) is 12.4 Å². The molecule has 1 aliphatic carbocycles. The van der Waals surface area contributed by atoms with E-state index in [9.17, 15) is 0 Å². The lowest BCUT2D eigenvalue weighted by atomic mass is 10.4. The molecule has 1 aliphatic rings. The average molecular weight is 168 g/mol. The molecule has 1 aromatic heterocycles.